The first kappa shape index (κ1) is 19.6. The summed E-state index contributed by atoms with van der Waals surface area (Å²) in [6, 6.07) is 12.7. The van der Waals surface area contributed by atoms with Crippen LogP contribution in [-0.2, 0) is 14.8 Å². The van der Waals surface area contributed by atoms with Gasteiger partial charge in [-0.25, -0.2) is 8.42 Å². The van der Waals surface area contributed by atoms with Gasteiger partial charge in [-0.15, -0.1) is 0 Å². The largest absolute Gasteiger partial charge is 0.325 e. The number of benzene rings is 2. The molecule has 1 N–H and O–H groups in total. The molecular formula is C21H26N2O3S. The average molecular weight is 387 g/mol. The molecule has 1 aliphatic heterocycles. The van der Waals surface area contributed by atoms with Crippen molar-refractivity contribution in [3.8, 4) is 0 Å². The molecule has 1 atom stereocenters. The Morgan fingerprint density at radius 1 is 1.04 bits per heavy atom. The van der Waals surface area contributed by atoms with Crippen molar-refractivity contribution in [2.75, 3.05) is 18.4 Å². The van der Waals surface area contributed by atoms with Crippen LogP contribution in [0.15, 0.2) is 47.4 Å². The van der Waals surface area contributed by atoms with Gasteiger partial charge in [-0.3, -0.25) is 4.79 Å². The van der Waals surface area contributed by atoms with Crippen LogP contribution in [0.5, 0.6) is 0 Å². The second-order valence-electron chi connectivity index (χ2n) is 7.27. The Morgan fingerprint density at radius 3 is 2.30 bits per heavy atom. The highest BCUT2D eigenvalue weighted by Crippen LogP contribution is 2.26. The fourth-order valence-electron chi connectivity index (χ4n) is 3.47. The third-order valence-corrected chi connectivity index (χ3v) is 7.02. The third-order valence-electron chi connectivity index (χ3n) is 5.14. The lowest BCUT2D eigenvalue weighted by Gasteiger charge is -2.31. The van der Waals surface area contributed by atoms with Crippen LogP contribution in [-0.4, -0.2) is 31.7 Å². The molecule has 0 spiro atoms. The van der Waals surface area contributed by atoms with Crippen LogP contribution in [0.3, 0.4) is 0 Å². The number of piperidine rings is 1. The van der Waals surface area contributed by atoms with E-state index in [2.05, 4.69) is 5.32 Å². The lowest BCUT2D eigenvalue weighted by atomic mass is 9.98. The molecule has 0 bridgehead atoms. The number of para-hydroxylation sites is 1. The summed E-state index contributed by atoms with van der Waals surface area (Å²) in [5, 5.41) is 3.01. The molecule has 0 unspecified atom stereocenters. The van der Waals surface area contributed by atoms with Crippen LogP contribution >= 0.6 is 0 Å². The zero-order chi connectivity index (χ0) is 19.6. The first-order chi connectivity index (χ1) is 12.8. The summed E-state index contributed by atoms with van der Waals surface area (Å²) in [7, 11) is -3.58. The molecule has 2 aromatic carbocycles. The van der Waals surface area contributed by atoms with Crippen molar-refractivity contribution >= 4 is 21.6 Å². The van der Waals surface area contributed by atoms with Crippen molar-refractivity contribution in [3.05, 3.63) is 59.2 Å². The molecule has 1 amide bonds. The Labute approximate surface area is 161 Å². The van der Waals surface area contributed by atoms with E-state index < -0.39 is 10.0 Å². The highest BCUT2D eigenvalue weighted by Gasteiger charge is 2.33. The Morgan fingerprint density at radius 2 is 1.67 bits per heavy atom. The van der Waals surface area contributed by atoms with Crippen LogP contribution in [0.25, 0.3) is 0 Å². The highest BCUT2D eigenvalue weighted by molar-refractivity contribution is 7.89. The number of sulfonamides is 1. The van der Waals surface area contributed by atoms with E-state index in [0.717, 1.165) is 22.4 Å². The minimum atomic E-state index is -3.58. The minimum absolute atomic E-state index is 0.115. The molecule has 2 aromatic rings. The van der Waals surface area contributed by atoms with E-state index in [1.807, 2.05) is 39.0 Å². The van der Waals surface area contributed by atoms with E-state index in [-0.39, 0.29) is 23.3 Å². The van der Waals surface area contributed by atoms with E-state index >= 15 is 0 Å². The van der Waals surface area contributed by atoms with Crippen molar-refractivity contribution in [2.24, 2.45) is 5.92 Å². The zero-order valence-corrected chi connectivity index (χ0v) is 16.8. The number of hydrogen-bond donors (Lipinski definition) is 1. The fraction of sp³-hybridized carbons (Fsp3) is 0.381. The smallest absolute Gasteiger partial charge is 0.243 e. The van der Waals surface area contributed by atoms with Gasteiger partial charge in [0.15, 0.2) is 0 Å². The molecule has 6 heteroatoms. The van der Waals surface area contributed by atoms with Crippen molar-refractivity contribution in [2.45, 2.75) is 38.5 Å². The Hall–Kier alpha value is -2.18. The number of amides is 1. The summed E-state index contributed by atoms with van der Waals surface area (Å²) in [5.41, 5.74) is 3.84. The SMILES string of the molecule is Cc1ccc(S(=O)(=O)N2CCC[C@H](C(=O)Nc3c(C)cccc3C)C2)cc1. The van der Waals surface area contributed by atoms with E-state index in [9.17, 15) is 13.2 Å². The van der Waals surface area contributed by atoms with Crippen molar-refractivity contribution in [1.82, 2.24) is 4.31 Å². The van der Waals surface area contributed by atoms with Gasteiger partial charge in [0.05, 0.1) is 10.8 Å². The van der Waals surface area contributed by atoms with Gasteiger partial charge in [-0.05, 0) is 56.9 Å². The van der Waals surface area contributed by atoms with Gasteiger partial charge in [-0.1, -0.05) is 35.9 Å². The van der Waals surface area contributed by atoms with Crippen LogP contribution in [0.2, 0.25) is 0 Å². The molecule has 27 heavy (non-hydrogen) atoms. The number of hydrogen-bond acceptors (Lipinski definition) is 3. The average Bonchev–Trinajstić information content (AvgIpc) is 2.65. The predicted octanol–water partition coefficient (Wildman–Crippen LogP) is 3.65. The van der Waals surface area contributed by atoms with Gasteiger partial charge in [0.2, 0.25) is 15.9 Å². The lowest BCUT2D eigenvalue weighted by molar-refractivity contribution is -0.120. The van der Waals surface area contributed by atoms with Gasteiger partial charge < -0.3 is 5.32 Å². The summed E-state index contributed by atoms with van der Waals surface area (Å²) in [4.78, 5) is 13.1. The maximum atomic E-state index is 12.9. The normalized spacial score (nSPS) is 18.3. The number of nitrogens with zero attached hydrogens (tertiary/aromatic N) is 1. The fourth-order valence-corrected chi connectivity index (χ4v) is 4.99. The van der Waals surface area contributed by atoms with E-state index in [1.54, 1.807) is 24.3 Å². The highest BCUT2D eigenvalue weighted by atomic mass is 32.2. The summed E-state index contributed by atoms with van der Waals surface area (Å²) < 4.78 is 27.3. The van der Waals surface area contributed by atoms with E-state index in [0.29, 0.717) is 19.4 Å². The summed E-state index contributed by atoms with van der Waals surface area (Å²) in [5.74, 6) is -0.464. The van der Waals surface area contributed by atoms with E-state index in [4.69, 9.17) is 0 Å². The Kier molecular flexibility index (Phi) is 5.67. The summed E-state index contributed by atoms with van der Waals surface area (Å²) in [6.07, 6.45) is 1.37. The maximum absolute atomic E-state index is 12.9. The molecule has 0 aliphatic carbocycles. The van der Waals surface area contributed by atoms with Crippen molar-refractivity contribution in [3.63, 3.8) is 0 Å². The maximum Gasteiger partial charge on any atom is 0.243 e. The monoisotopic (exact) mass is 386 g/mol. The van der Waals surface area contributed by atoms with Crippen LogP contribution in [0.4, 0.5) is 5.69 Å². The topological polar surface area (TPSA) is 66.5 Å². The quantitative estimate of drug-likeness (QED) is 0.872. The molecule has 0 aromatic heterocycles. The number of rotatable bonds is 4. The minimum Gasteiger partial charge on any atom is -0.325 e. The molecule has 1 saturated heterocycles. The van der Waals surface area contributed by atoms with Gasteiger partial charge >= 0.3 is 0 Å². The van der Waals surface area contributed by atoms with Gasteiger partial charge in [-0.2, -0.15) is 4.31 Å². The van der Waals surface area contributed by atoms with Crippen molar-refractivity contribution in [1.29, 1.82) is 0 Å². The molecule has 1 fully saturated rings. The molecule has 1 aliphatic rings. The second-order valence-corrected chi connectivity index (χ2v) is 9.21. The molecule has 0 radical (unpaired) electrons. The first-order valence-corrected chi connectivity index (χ1v) is 10.7. The molecule has 0 saturated carbocycles. The van der Waals surface area contributed by atoms with Gasteiger partial charge in [0.1, 0.15) is 0 Å². The first-order valence-electron chi connectivity index (χ1n) is 9.23. The third kappa shape index (κ3) is 4.22. The number of aryl methyl sites for hydroxylation is 3. The van der Waals surface area contributed by atoms with Gasteiger partial charge in [0.25, 0.3) is 0 Å². The number of nitrogens with one attached hydrogen (secondary N) is 1. The Bertz CT molecular complexity index is 916. The van der Waals surface area contributed by atoms with Crippen LogP contribution < -0.4 is 5.32 Å². The predicted molar refractivity (Wildman–Crippen MR) is 107 cm³/mol. The van der Waals surface area contributed by atoms with Crippen LogP contribution in [0.1, 0.15) is 29.5 Å². The van der Waals surface area contributed by atoms with Gasteiger partial charge in [0, 0.05) is 18.8 Å². The molecule has 1 heterocycles. The molecular weight excluding hydrogens is 360 g/mol. The molecule has 5 nitrogen and oxygen atoms in total. The number of carbonyl (C=O) groups is 1. The molecule has 3 rings (SSSR count). The van der Waals surface area contributed by atoms with Crippen molar-refractivity contribution < 1.29 is 13.2 Å². The summed E-state index contributed by atoms with van der Waals surface area (Å²) in [6.45, 7) is 6.50. The summed E-state index contributed by atoms with van der Waals surface area (Å²) >= 11 is 0. The molecule has 144 valence electrons. The van der Waals surface area contributed by atoms with Crippen LogP contribution in [0, 0.1) is 26.7 Å². The second kappa shape index (κ2) is 7.82. The standard InChI is InChI=1S/C21H26N2O3S/c1-15-9-11-19(12-10-15)27(25,26)23-13-5-8-18(14-23)21(24)22-20-16(2)6-4-7-17(20)3/h4,6-7,9-12,18H,5,8,13-14H2,1-3H3,(H,22,24)/t18-/m0/s1. The zero-order valence-electron chi connectivity index (χ0n) is 16.0. The lowest BCUT2D eigenvalue weighted by Crippen LogP contribution is -2.43. The Balaban J connectivity index is 1.75. The number of carbonyl (C=O) groups excluding carboxylic acids is 1. The number of anilines is 1. The van der Waals surface area contributed by atoms with E-state index in [1.165, 1.54) is 4.31 Å².